The van der Waals surface area contributed by atoms with Crippen LogP contribution < -0.4 is 5.32 Å². The highest BCUT2D eigenvalue weighted by Crippen LogP contribution is 2.33. The number of aliphatic imine (C=N–C) groups is 1. The Morgan fingerprint density at radius 3 is 2.68 bits per heavy atom. The first-order chi connectivity index (χ1) is 17.7. The van der Waals surface area contributed by atoms with Crippen LogP contribution >= 0.6 is 23.4 Å². The van der Waals surface area contributed by atoms with Gasteiger partial charge in [-0.15, -0.1) is 11.8 Å². The molecule has 4 heterocycles. The molecular weight excluding hydrogens is 527 g/mol. The van der Waals surface area contributed by atoms with Crippen molar-refractivity contribution in [3.8, 4) is 0 Å². The van der Waals surface area contributed by atoms with Crippen molar-refractivity contribution in [1.29, 1.82) is 0 Å². The minimum atomic E-state index is -4.45. The van der Waals surface area contributed by atoms with Crippen LogP contribution in [0.25, 0.3) is 10.9 Å². The van der Waals surface area contributed by atoms with E-state index in [0.717, 1.165) is 72.1 Å². The Hall–Kier alpha value is -1.95. The zero-order valence-corrected chi connectivity index (χ0v) is 22.0. The van der Waals surface area contributed by atoms with Crippen molar-refractivity contribution in [2.24, 2.45) is 4.99 Å². The first-order valence-corrected chi connectivity index (χ1v) is 14.0. The first-order valence-electron chi connectivity index (χ1n) is 12.7. The quantitative estimate of drug-likeness (QED) is 0.513. The summed E-state index contributed by atoms with van der Waals surface area (Å²) in [6.45, 7) is 4.19. The molecule has 2 aromatic rings. The number of ether oxygens (including phenoxy) is 1. The van der Waals surface area contributed by atoms with Crippen LogP contribution in [-0.2, 0) is 9.53 Å². The number of carbonyl (C=O) groups is 1. The van der Waals surface area contributed by atoms with E-state index in [9.17, 15) is 18.0 Å². The van der Waals surface area contributed by atoms with Gasteiger partial charge in [-0.25, -0.2) is 0 Å². The second kappa shape index (κ2) is 11.4. The number of piperazine rings is 1. The van der Waals surface area contributed by atoms with Crippen molar-refractivity contribution in [3.05, 3.63) is 28.9 Å². The molecule has 2 N–H and O–H groups in total. The molecule has 0 aliphatic carbocycles. The van der Waals surface area contributed by atoms with Crippen LogP contribution in [0, 0.1) is 0 Å². The SMILES string of the molecule is O=C(CC(F)(F)F)N1CCN(CC[C@@H]2CSC(c3cc4cc(Cl)cc(NC5CCOCC5)c4[nH]3)=N2)CC1. The molecule has 5 rings (SSSR count). The van der Waals surface area contributed by atoms with Gasteiger partial charge >= 0.3 is 6.18 Å². The van der Waals surface area contributed by atoms with E-state index in [2.05, 4.69) is 21.3 Å². The predicted octanol–water partition coefficient (Wildman–Crippen LogP) is 4.76. The molecular formula is C25H31ClF3N5O2S. The summed E-state index contributed by atoms with van der Waals surface area (Å²) in [7, 11) is 0. The summed E-state index contributed by atoms with van der Waals surface area (Å²) in [5, 5.41) is 6.34. The molecule has 3 aliphatic heterocycles. The molecule has 12 heteroatoms. The van der Waals surface area contributed by atoms with E-state index in [4.69, 9.17) is 21.3 Å². The number of nitrogens with one attached hydrogen (secondary N) is 2. The maximum absolute atomic E-state index is 12.5. The Morgan fingerprint density at radius 2 is 1.95 bits per heavy atom. The molecule has 1 atom stereocenters. The Balaban J connectivity index is 1.16. The Morgan fingerprint density at radius 1 is 1.19 bits per heavy atom. The number of nitrogens with zero attached hydrogens (tertiary/aromatic N) is 3. The third kappa shape index (κ3) is 6.93. The zero-order chi connectivity index (χ0) is 26.0. The summed E-state index contributed by atoms with van der Waals surface area (Å²) in [6.07, 6.45) is -3.04. The molecule has 7 nitrogen and oxygen atoms in total. The molecule has 2 saturated heterocycles. The molecule has 1 amide bonds. The smallest absolute Gasteiger partial charge is 0.381 e. The number of fused-ring (bicyclic) bond motifs is 1. The van der Waals surface area contributed by atoms with Gasteiger partial charge in [-0.2, -0.15) is 13.2 Å². The number of hydrogen-bond acceptors (Lipinski definition) is 6. The van der Waals surface area contributed by atoms with Gasteiger partial charge in [0.15, 0.2) is 0 Å². The highest BCUT2D eigenvalue weighted by Gasteiger charge is 2.34. The van der Waals surface area contributed by atoms with Crippen LogP contribution in [0.3, 0.4) is 0 Å². The van der Waals surface area contributed by atoms with E-state index in [0.29, 0.717) is 37.2 Å². The number of H-pyrrole nitrogens is 1. The van der Waals surface area contributed by atoms with Gasteiger partial charge < -0.3 is 19.9 Å². The van der Waals surface area contributed by atoms with E-state index in [1.54, 1.807) is 11.8 Å². The number of anilines is 1. The largest absolute Gasteiger partial charge is 0.397 e. The van der Waals surface area contributed by atoms with E-state index in [1.807, 2.05) is 12.1 Å². The topological polar surface area (TPSA) is 73.0 Å². The van der Waals surface area contributed by atoms with Gasteiger partial charge in [0.25, 0.3) is 0 Å². The van der Waals surface area contributed by atoms with E-state index in [1.165, 1.54) is 4.90 Å². The van der Waals surface area contributed by atoms with Gasteiger partial charge in [0.2, 0.25) is 5.91 Å². The highest BCUT2D eigenvalue weighted by molar-refractivity contribution is 8.14. The van der Waals surface area contributed by atoms with Crippen LogP contribution in [0.2, 0.25) is 5.02 Å². The van der Waals surface area contributed by atoms with Gasteiger partial charge in [-0.1, -0.05) is 11.6 Å². The van der Waals surface area contributed by atoms with E-state index < -0.39 is 18.5 Å². The van der Waals surface area contributed by atoms with Gasteiger partial charge in [0.1, 0.15) is 11.5 Å². The number of alkyl halides is 3. The minimum absolute atomic E-state index is 0.180. The highest BCUT2D eigenvalue weighted by atomic mass is 35.5. The fourth-order valence-corrected chi connectivity index (χ4v) is 6.35. The summed E-state index contributed by atoms with van der Waals surface area (Å²) in [5.41, 5.74) is 3.00. The van der Waals surface area contributed by atoms with Crippen LogP contribution in [0.15, 0.2) is 23.2 Å². The van der Waals surface area contributed by atoms with Crippen LogP contribution in [0.4, 0.5) is 18.9 Å². The normalized spacial score (nSPS) is 22.0. The lowest BCUT2D eigenvalue weighted by atomic mass is 10.1. The molecule has 0 saturated carbocycles. The first kappa shape index (κ1) is 26.6. The number of halogens is 4. The molecule has 0 spiro atoms. The summed E-state index contributed by atoms with van der Waals surface area (Å²) in [4.78, 5) is 23.8. The molecule has 0 radical (unpaired) electrons. The fourth-order valence-electron chi connectivity index (χ4n) is 5.04. The van der Waals surface area contributed by atoms with Gasteiger partial charge in [0.05, 0.1) is 22.9 Å². The number of aromatic nitrogens is 1. The molecule has 202 valence electrons. The lowest BCUT2D eigenvalue weighted by molar-refractivity contribution is -0.162. The molecule has 0 unspecified atom stereocenters. The fraction of sp³-hybridized carbons (Fsp3) is 0.600. The Labute approximate surface area is 223 Å². The summed E-state index contributed by atoms with van der Waals surface area (Å²) in [6, 6.07) is 6.56. The molecule has 1 aromatic carbocycles. The van der Waals surface area contributed by atoms with Crippen LogP contribution in [0.1, 0.15) is 31.4 Å². The lowest BCUT2D eigenvalue weighted by Crippen LogP contribution is -2.49. The third-order valence-corrected chi connectivity index (χ3v) is 8.44. The number of benzene rings is 1. The van der Waals surface area contributed by atoms with Gasteiger partial charge in [0, 0.05) is 68.1 Å². The third-order valence-electron chi connectivity index (χ3n) is 7.07. The van der Waals surface area contributed by atoms with E-state index in [-0.39, 0.29) is 6.04 Å². The maximum atomic E-state index is 12.5. The van der Waals surface area contributed by atoms with Gasteiger partial charge in [-0.3, -0.25) is 14.7 Å². The van der Waals surface area contributed by atoms with Crippen molar-refractivity contribution in [3.63, 3.8) is 0 Å². The van der Waals surface area contributed by atoms with Gasteiger partial charge in [-0.05, 0) is 37.5 Å². The molecule has 2 fully saturated rings. The van der Waals surface area contributed by atoms with Crippen LogP contribution in [0.5, 0.6) is 0 Å². The minimum Gasteiger partial charge on any atom is -0.381 e. The Kier molecular flexibility index (Phi) is 8.23. The summed E-state index contributed by atoms with van der Waals surface area (Å²) >= 11 is 8.14. The van der Waals surface area contributed by atoms with Crippen LogP contribution in [-0.4, -0.2) is 95.7 Å². The average Bonchev–Trinajstić information content (AvgIpc) is 3.50. The number of rotatable bonds is 7. The monoisotopic (exact) mass is 557 g/mol. The Bertz CT molecular complexity index is 1140. The molecule has 37 heavy (non-hydrogen) atoms. The second-order valence-corrected chi connectivity index (χ2v) is 11.3. The average molecular weight is 558 g/mol. The van der Waals surface area contributed by atoms with Crippen molar-refractivity contribution >= 4 is 50.9 Å². The number of hydrogen-bond donors (Lipinski definition) is 2. The van der Waals surface area contributed by atoms with E-state index >= 15 is 0 Å². The van der Waals surface area contributed by atoms with Crippen molar-refractivity contribution in [2.45, 2.75) is 43.9 Å². The summed E-state index contributed by atoms with van der Waals surface area (Å²) < 4.78 is 42.9. The van der Waals surface area contributed by atoms with Crippen molar-refractivity contribution < 1.29 is 22.7 Å². The molecule has 3 aliphatic rings. The number of carbonyl (C=O) groups excluding carboxylic acids is 1. The number of aromatic amines is 1. The number of amides is 1. The van der Waals surface area contributed by atoms with Crippen molar-refractivity contribution in [1.82, 2.24) is 14.8 Å². The molecule has 0 bridgehead atoms. The molecule has 1 aromatic heterocycles. The summed E-state index contributed by atoms with van der Waals surface area (Å²) in [5.74, 6) is 0.0576. The lowest BCUT2D eigenvalue weighted by Gasteiger charge is -2.35. The predicted molar refractivity (Wildman–Crippen MR) is 142 cm³/mol. The standard InChI is InChI=1S/C25H31ClF3N5O2S/c26-17-11-16-12-21(32-23(16)20(13-17)30-18-2-9-36-10-3-18)24-31-19(15-37-24)1-4-33-5-7-34(8-6-33)22(35)14-25(27,28)29/h11-13,18-19,30,32H,1-10,14-15H2/t19-/m1/s1. The second-order valence-electron chi connectivity index (χ2n) is 9.83. The maximum Gasteiger partial charge on any atom is 0.397 e. The van der Waals surface area contributed by atoms with Crippen molar-refractivity contribution in [2.75, 3.05) is 57.0 Å². The zero-order valence-electron chi connectivity index (χ0n) is 20.5. The number of thioether (sulfide) groups is 1.